The average Bonchev–Trinajstić information content (AvgIpc) is 3.67. The van der Waals surface area contributed by atoms with E-state index in [1.807, 2.05) is 6.92 Å². The van der Waals surface area contributed by atoms with Gasteiger partial charge in [-0.2, -0.15) is 18.3 Å². The zero-order valence-corrected chi connectivity index (χ0v) is 23.3. The third-order valence-electron chi connectivity index (χ3n) is 7.26. The quantitative estimate of drug-likeness (QED) is 0.285. The Morgan fingerprint density at radius 3 is 2.67 bits per heavy atom. The molecule has 12 nitrogen and oxygen atoms in total. The molecule has 222 valence electrons. The van der Waals surface area contributed by atoms with E-state index >= 15 is 0 Å². The predicted octanol–water partition coefficient (Wildman–Crippen LogP) is 3.93. The van der Waals surface area contributed by atoms with Crippen molar-refractivity contribution in [3.05, 3.63) is 53.8 Å². The van der Waals surface area contributed by atoms with Crippen LogP contribution in [0.5, 0.6) is 5.75 Å². The highest BCUT2D eigenvalue weighted by atomic mass is 35.5. The molecule has 0 bridgehead atoms. The van der Waals surface area contributed by atoms with Crippen LogP contribution >= 0.6 is 11.6 Å². The van der Waals surface area contributed by atoms with E-state index in [9.17, 15) is 13.2 Å². The standard InChI is InChI=1S/C26H28ClF3N10O2/c1-16(9-40-15-33-36-37-40)42-23-6-18(2-3-21(23)27)19-7-31-25(32-8-19)34-22-12-39(35-24(22)26(28,29)30)11-17-4-5-38(10-17)20-13-41-14-20/h2-3,6-8,12,15-17,20H,4-5,9-11,13-14H2,1H3,(H,31,32,34)/t16-,17?/m0/s1. The molecule has 16 heteroatoms. The summed E-state index contributed by atoms with van der Waals surface area (Å²) in [5.74, 6) is 0.678. The molecule has 5 heterocycles. The fraction of sp³-hybridized carbons (Fsp3) is 0.462. The predicted molar refractivity (Wildman–Crippen MR) is 145 cm³/mol. The lowest BCUT2D eigenvalue weighted by atomic mass is 10.1. The number of rotatable bonds is 10. The minimum absolute atomic E-state index is 0.0151. The van der Waals surface area contributed by atoms with Crippen LogP contribution in [-0.2, 0) is 24.0 Å². The number of hydrogen-bond donors (Lipinski definition) is 1. The zero-order chi connectivity index (χ0) is 29.3. The number of nitrogens with zero attached hydrogens (tertiary/aromatic N) is 9. The van der Waals surface area contributed by atoms with E-state index in [2.05, 4.69) is 40.8 Å². The summed E-state index contributed by atoms with van der Waals surface area (Å²) in [6.45, 7) is 5.84. The van der Waals surface area contributed by atoms with Crippen molar-refractivity contribution in [2.24, 2.45) is 5.92 Å². The summed E-state index contributed by atoms with van der Waals surface area (Å²) in [7, 11) is 0. The van der Waals surface area contributed by atoms with Crippen LogP contribution in [0, 0.1) is 5.92 Å². The Kier molecular flexibility index (Phi) is 7.96. The first kappa shape index (κ1) is 28.3. The summed E-state index contributed by atoms with van der Waals surface area (Å²) in [6.07, 6.45) is 1.87. The van der Waals surface area contributed by atoms with Gasteiger partial charge in [-0.3, -0.25) is 9.58 Å². The number of likely N-dealkylation sites (tertiary alicyclic amines) is 1. The van der Waals surface area contributed by atoms with Gasteiger partial charge in [0.2, 0.25) is 5.95 Å². The van der Waals surface area contributed by atoms with Crippen LogP contribution in [0.15, 0.2) is 43.1 Å². The van der Waals surface area contributed by atoms with E-state index in [0.717, 1.165) is 25.1 Å². The van der Waals surface area contributed by atoms with Crippen molar-refractivity contribution in [3.8, 4) is 16.9 Å². The van der Waals surface area contributed by atoms with E-state index in [1.165, 1.54) is 29.6 Å². The molecular formula is C26H28ClF3N10O2. The third kappa shape index (κ3) is 6.47. The number of alkyl halides is 3. The Labute approximate surface area is 243 Å². The SMILES string of the molecule is C[C@@H](Cn1cnnn1)Oc1cc(-c2cnc(Nc3cn(CC4CCN(C5COC5)C4)nc3C(F)(F)F)nc2)ccc1Cl. The number of benzene rings is 1. The number of aromatic nitrogens is 8. The second-order valence-corrected chi connectivity index (χ2v) is 10.9. The molecule has 42 heavy (non-hydrogen) atoms. The Morgan fingerprint density at radius 1 is 1.17 bits per heavy atom. The van der Waals surface area contributed by atoms with E-state index < -0.39 is 11.9 Å². The smallest absolute Gasteiger partial charge is 0.437 e. The lowest BCUT2D eigenvalue weighted by molar-refractivity contribution is -0.140. The second-order valence-electron chi connectivity index (χ2n) is 10.5. The van der Waals surface area contributed by atoms with Gasteiger partial charge in [0, 0.05) is 37.2 Å². The van der Waals surface area contributed by atoms with Crippen molar-refractivity contribution in [3.63, 3.8) is 0 Å². The number of nitrogens with one attached hydrogen (secondary N) is 1. The van der Waals surface area contributed by atoms with Crippen molar-refractivity contribution in [1.29, 1.82) is 0 Å². The summed E-state index contributed by atoms with van der Waals surface area (Å²) in [5, 5.41) is 18.0. The highest BCUT2D eigenvalue weighted by Crippen LogP contribution is 2.36. The van der Waals surface area contributed by atoms with Crippen molar-refractivity contribution >= 4 is 23.2 Å². The van der Waals surface area contributed by atoms with Gasteiger partial charge in [-0.15, -0.1) is 5.10 Å². The van der Waals surface area contributed by atoms with Crippen LogP contribution in [0.25, 0.3) is 11.1 Å². The average molecular weight is 605 g/mol. The molecule has 3 aromatic heterocycles. The monoisotopic (exact) mass is 604 g/mol. The van der Waals surface area contributed by atoms with Gasteiger partial charge in [0.15, 0.2) is 5.69 Å². The molecule has 0 amide bonds. The highest BCUT2D eigenvalue weighted by Gasteiger charge is 2.38. The number of tetrazole rings is 1. The molecule has 2 aliphatic rings. The van der Waals surface area contributed by atoms with Gasteiger partial charge in [0.05, 0.1) is 36.5 Å². The van der Waals surface area contributed by atoms with Crippen molar-refractivity contribution in [2.45, 2.75) is 44.8 Å². The van der Waals surface area contributed by atoms with Gasteiger partial charge >= 0.3 is 6.18 Å². The van der Waals surface area contributed by atoms with Gasteiger partial charge in [-0.1, -0.05) is 17.7 Å². The van der Waals surface area contributed by atoms with Gasteiger partial charge in [-0.25, -0.2) is 14.6 Å². The molecule has 2 saturated heterocycles. The molecule has 0 saturated carbocycles. The molecule has 0 aliphatic carbocycles. The first-order valence-corrected chi connectivity index (χ1v) is 13.8. The van der Waals surface area contributed by atoms with Crippen LogP contribution in [0.3, 0.4) is 0 Å². The largest absolute Gasteiger partial charge is 0.487 e. The van der Waals surface area contributed by atoms with Crippen LogP contribution < -0.4 is 10.1 Å². The Hall–Kier alpha value is -3.82. The molecule has 1 N–H and O–H groups in total. The highest BCUT2D eigenvalue weighted by molar-refractivity contribution is 6.32. The molecule has 4 aromatic rings. The van der Waals surface area contributed by atoms with Crippen LogP contribution in [-0.4, -0.2) is 83.3 Å². The van der Waals surface area contributed by atoms with Crippen molar-refractivity contribution in [2.75, 3.05) is 31.6 Å². The van der Waals surface area contributed by atoms with Gasteiger partial charge in [0.1, 0.15) is 18.2 Å². The lowest BCUT2D eigenvalue weighted by Gasteiger charge is -2.34. The topological polar surface area (TPSA) is 121 Å². The van der Waals surface area contributed by atoms with Crippen LogP contribution in [0.4, 0.5) is 24.8 Å². The summed E-state index contributed by atoms with van der Waals surface area (Å²) in [5.41, 5.74) is 0.145. The summed E-state index contributed by atoms with van der Waals surface area (Å²) < 4.78 is 55.7. The van der Waals surface area contributed by atoms with E-state index in [-0.39, 0.29) is 23.7 Å². The summed E-state index contributed by atoms with van der Waals surface area (Å²) >= 11 is 6.34. The van der Waals surface area contributed by atoms with E-state index in [1.54, 1.807) is 22.9 Å². The maximum Gasteiger partial charge on any atom is 0.437 e. The zero-order valence-electron chi connectivity index (χ0n) is 22.6. The Balaban J connectivity index is 1.13. The van der Waals surface area contributed by atoms with Crippen LogP contribution in [0.1, 0.15) is 19.0 Å². The molecule has 2 atom stereocenters. The molecule has 0 spiro atoms. The normalized spacial score (nSPS) is 18.6. The summed E-state index contributed by atoms with van der Waals surface area (Å²) in [6, 6.07) is 5.63. The maximum absolute atomic E-state index is 13.8. The number of hydrogen-bond acceptors (Lipinski definition) is 10. The second kappa shape index (κ2) is 11.8. The van der Waals surface area contributed by atoms with Crippen molar-refractivity contribution < 1.29 is 22.6 Å². The van der Waals surface area contributed by atoms with E-state index in [0.29, 0.717) is 48.7 Å². The Morgan fingerprint density at radius 2 is 1.98 bits per heavy atom. The molecule has 6 rings (SSSR count). The number of halogens is 4. The van der Waals surface area contributed by atoms with Crippen LogP contribution in [0.2, 0.25) is 5.02 Å². The van der Waals surface area contributed by atoms with Crippen molar-refractivity contribution in [1.82, 2.24) is 44.9 Å². The first-order chi connectivity index (χ1) is 20.2. The summed E-state index contributed by atoms with van der Waals surface area (Å²) in [4.78, 5) is 10.8. The number of ether oxygens (including phenoxy) is 2. The fourth-order valence-electron chi connectivity index (χ4n) is 5.07. The molecule has 1 unspecified atom stereocenters. The third-order valence-corrected chi connectivity index (χ3v) is 7.57. The molecule has 2 aliphatic heterocycles. The first-order valence-electron chi connectivity index (χ1n) is 13.4. The molecule has 1 aromatic carbocycles. The molecule has 2 fully saturated rings. The van der Waals surface area contributed by atoms with Gasteiger partial charge in [0.25, 0.3) is 0 Å². The molecule has 0 radical (unpaired) electrons. The van der Waals surface area contributed by atoms with Gasteiger partial charge in [-0.05, 0) is 53.9 Å². The fourth-order valence-corrected chi connectivity index (χ4v) is 5.24. The van der Waals surface area contributed by atoms with E-state index in [4.69, 9.17) is 21.1 Å². The lowest BCUT2D eigenvalue weighted by Crippen LogP contribution is -2.47. The van der Waals surface area contributed by atoms with Gasteiger partial charge < -0.3 is 14.8 Å². The minimum atomic E-state index is -4.64. The number of anilines is 2. The Bertz CT molecular complexity index is 1500. The minimum Gasteiger partial charge on any atom is -0.487 e. The maximum atomic E-state index is 13.8. The molecular weight excluding hydrogens is 577 g/mol.